The molecule has 0 saturated heterocycles. The molecule has 2 N–H and O–H groups in total. The molecule has 112 valence electrons. The van der Waals surface area contributed by atoms with E-state index in [4.69, 9.17) is 5.11 Å². The highest BCUT2D eigenvalue weighted by Gasteiger charge is 2.20. The maximum absolute atomic E-state index is 10.7. The van der Waals surface area contributed by atoms with Gasteiger partial charge in [0.15, 0.2) is 5.82 Å². The zero-order chi connectivity index (χ0) is 15.5. The molecule has 0 fully saturated rings. The van der Waals surface area contributed by atoms with Crippen LogP contribution < -0.4 is 5.32 Å². The van der Waals surface area contributed by atoms with Crippen molar-refractivity contribution in [2.24, 2.45) is 0 Å². The Morgan fingerprint density at radius 2 is 2.14 bits per heavy atom. The number of amides is 1. The van der Waals surface area contributed by atoms with Crippen LogP contribution in [0.3, 0.4) is 0 Å². The standard InChI is InChI=1S/C15H20N4O2/c1-4-12-7-8-19(18-12)13-6-5-11(10-16-13)9-15(2,3)17-14(20)21/h5-8,10,17H,4,9H2,1-3H3,(H,20,21). The van der Waals surface area contributed by atoms with E-state index in [0.717, 1.165) is 23.5 Å². The van der Waals surface area contributed by atoms with Crippen LogP contribution in [0.25, 0.3) is 5.82 Å². The number of pyridine rings is 1. The number of hydrogen-bond acceptors (Lipinski definition) is 3. The highest BCUT2D eigenvalue weighted by Crippen LogP contribution is 2.13. The van der Waals surface area contributed by atoms with Gasteiger partial charge in [0.2, 0.25) is 0 Å². The first-order chi connectivity index (χ1) is 9.89. The number of rotatable bonds is 5. The van der Waals surface area contributed by atoms with Crippen molar-refractivity contribution in [3.63, 3.8) is 0 Å². The molecule has 0 spiro atoms. The predicted molar refractivity (Wildman–Crippen MR) is 79.7 cm³/mol. The number of nitrogens with one attached hydrogen (secondary N) is 1. The second kappa shape index (κ2) is 5.95. The third-order valence-corrected chi connectivity index (χ3v) is 3.14. The Morgan fingerprint density at radius 3 is 2.67 bits per heavy atom. The summed E-state index contributed by atoms with van der Waals surface area (Å²) in [6.07, 6.45) is 4.09. The van der Waals surface area contributed by atoms with Crippen molar-refractivity contribution in [3.8, 4) is 5.82 Å². The van der Waals surface area contributed by atoms with E-state index in [0.29, 0.717) is 6.42 Å². The largest absolute Gasteiger partial charge is 0.465 e. The van der Waals surface area contributed by atoms with Gasteiger partial charge >= 0.3 is 6.09 Å². The van der Waals surface area contributed by atoms with Crippen LogP contribution >= 0.6 is 0 Å². The molecule has 2 aromatic heterocycles. The van der Waals surface area contributed by atoms with E-state index in [1.807, 2.05) is 38.2 Å². The van der Waals surface area contributed by atoms with Gasteiger partial charge in [-0.15, -0.1) is 0 Å². The van der Waals surface area contributed by atoms with E-state index in [-0.39, 0.29) is 0 Å². The molecule has 0 radical (unpaired) electrons. The van der Waals surface area contributed by atoms with E-state index >= 15 is 0 Å². The van der Waals surface area contributed by atoms with Gasteiger partial charge in [-0.1, -0.05) is 13.0 Å². The highest BCUT2D eigenvalue weighted by atomic mass is 16.4. The molecule has 2 rings (SSSR count). The average Bonchev–Trinajstić information content (AvgIpc) is 2.86. The first-order valence-electron chi connectivity index (χ1n) is 6.90. The van der Waals surface area contributed by atoms with Gasteiger partial charge < -0.3 is 10.4 Å². The zero-order valence-electron chi connectivity index (χ0n) is 12.5. The highest BCUT2D eigenvalue weighted by molar-refractivity contribution is 5.65. The second-order valence-corrected chi connectivity index (χ2v) is 5.62. The summed E-state index contributed by atoms with van der Waals surface area (Å²) < 4.78 is 1.74. The van der Waals surface area contributed by atoms with E-state index in [9.17, 15) is 4.79 Å². The molecule has 0 aliphatic heterocycles. The average molecular weight is 288 g/mol. The monoisotopic (exact) mass is 288 g/mol. The quantitative estimate of drug-likeness (QED) is 0.885. The van der Waals surface area contributed by atoms with Crippen LogP contribution in [0.5, 0.6) is 0 Å². The van der Waals surface area contributed by atoms with Crippen molar-refractivity contribution in [2.75, 3.05) is 0 Å². The summed E-state index contributed by atoms with van der Waals surface area (Å²) >= 11 is 0. The summed E-state index contributed by atoms with van der Waals surface area (Å²) in [6.45, 7) is 5.74. The fraction of sp³-hybridized carbons (Fsp3) is 0.400. The van der Waals surface area contributed by atoms with E-state index < -0.39 is 11.6 Å². The van der Waals surface area contributed by atoms with Gasteiger partial charge in [0.25, 0.3) is 0 Å². The van der Waals surface area contributed by atoms with Crippen molar-refractivity contribution in [3.05, 3.63) is 41.9 Å². The Hall–Kier alpha value is -2.37. The number of hydrogen-bond donors (Lipinski definition) is 2. The topological polar surface area (TPSA) is 80.0 Å². The summed E-state index contributed by atoms with van der Waals surface area (Å²) in [4.78, 5) is 15.1. The Balaban J connectivity index is 2.10. The van der Waals surface area contributed by atoms with Gasteiger partial charge in [-0.25, -0.2) is 14.5 Å². The Bertz CT molecular complexity index is 617. The SMILES string of the molecule is CCc1ccn(-c2ccc(CC(C)(C)NC(=O)O)cn2)n1. The first kappa shape index (κ1) is 15.0. The number of carbonyl (C=O) groups is 1. The molecule has 0 unspecified atom stereocenters. The van der Waals surface area contributed by atoms with Crippen molar-refractivity contribution >= 4 is 6.09 Å². The van der Waals surface area contributed by atoms with Gasteiger partial charge in [0.1, 0.15) is 0 Å². The Kier molecular flexibility index (Phi) is 4.26. The summed E-state index contributed by atoms with van der Waals surface area (Å²) in [6, 6.07) is 5.80. The van der Waals surface area contributed by atoms with Gasteiger partial charge in [0.05, 0.1) is 5.69 Å². The lowest BCUT2D eigenvalue weighted by molar-refractivity contribution is 0.182. The number of aromatic nitrogens is 3. The molecule has 0 aliphatic rings. The lowest BCUT2D eigenvalue weighted by Gasteiger charge is -2.24. The van der Waals surface area contributed by atoms with Crippen molar-refractivity contribution < 1.29 is 9.90 Å². The molecule has 0 aromatic carbocycles. The Labute approximate surface area is 123 Å². The van der Waals surface area contributed by atoms with Crippen LogP contribution in [0.4, 0.5) is 4.79 Å². The molecule has 2 heterocycles. The maximum atomic E-state index is 10.7. The molecule has 21 heavy (non-hydrogen) atoms. The van der Waals surface area contributed by atoms with Gasteiger partial charge in [-0.2, -0.15) is 5.10 Å². The van der Waals surface area contributed by atoms with Gasteiger partial charge in [-0.05, 0) is 44.4 Å². The van der Waals surface area contributed by atoms with E-state index in [2.05, 4.69) is 22.3 Å². The van der Waals surface area contributed by atoms with Crippen LogP contribution in [-0.2, 0) is 12.8 Å². The number of carboxylic acid groups (broad SMARTS) is 1. The molecular weight excluding hydrogens is 268 g/mol. The molecule has 0 saturated carbocycles. The first-order valence-corrected chi connectivity index (χ1v) is 6.90. The maximum Gasteiger partial charge on any atom is 0.405 e. The fourth-order valence-corrected chi connectivity index (χ4v) is 2.18. The van der Waals surface area contributed by atoms with Crippen molar-refractivity contribution in [2.45, 2.75) is 39.2 Å². The van der Waals surface area contributed by atoms with Crippen molar-refractivity contribution in [1.82, 2.24) is 20.1 Å². The Morgan fingerprint density at radius 1 is 1.38 bits per heavy atom. The zero-order valence-corrected chi connectivity index (χ0v) is 12.5. The molecule has 2 aromatic rings. The molecule has 6 heteroatoms. The molecule has 0 atom stereocenters. The minimum Gasteiger partial charge on any atom is -0.465 e. The molecular formula is C15H20N4O2. The van der Waals surface area contributed by atoms with Crippen LogP contribution in [0.2, 0.25) is 0 Å². The van der Waals surface area contributed by atoms with Crippen LogP contribution in [0, 0.1) is 0 Å². The lowest BCUT2D eigenvalue weighted by Crippen LogP contribution is -2.44. The lowest BCUT2D eigenvalue weighted by atomic mass is 9.96. The van der Waals surface area contributed by atoms with Gasteiger partial charge in [-0.3, -0.25) is 0 Å². The van der Waals surface area contributed by atoms with E-state index in [1.54, 1.807) is 10.9 Å². The van der Waals surface area contributed by atoms with Crippen molar-refractivity contribution in [1.29, 1.82) is 0 Å². The van der Waals surface area contributed by atoms with E-state index in [1.165, 1.54) is 0 Å². The minimum atomic E-state index is -1.02. The third-order valence-electron chi connectivity index (χ3n) is 3.14. The number of aryl methyl sites for hydroxylation is 1. The summed E-state index contributed by atoms with van der Waals surface area (Å²) in [5, 5.41) is 15.7. The van der Waals surface area contributed by atoms with Gasteiger partial charge in [0, 0.05) is 17.9 Å². The predicted octanol–water partition coefficient (Wildman–Crippen LogP) is 2.42. The third kappa shape index (κ3) is 4.05. The summed E-state index contributed by atoms with van der Waals surface area (Å²) in [7, 11) is 0. The minimum absolute atomic E-state index is 0.532. The van der Waals surface area contributed by atoms with Crippen LogP contribution in [0.15, 0.2) is 30.6 Å². The second-order valence-electron chi connectivity index (χ2n) is 5.62. The molecule has 1 amide bonds. The fourth-order valence-electron chi connectivity index (χ4n) is 2.18. The van der Waals surface area contributed by atoms with Crippen LogP contribution in [-0.4, -0.2) is 31.5 Å². The summed E-state index contributed by atoms with van der Waals surface area (Å²) in [5.41, 5.74) is 1.46. The molecule has 0 aliphatic carbocycles. The molecule has 0 bridgehead atoms. The molecule has 6 nitrogen and oxygen atoms in total. The normalized spacial score (nSPS) is 11.4. The summed E-state index contributed by atoms with van der Waals surface area (Å²) in [5.74, 6) is 0.752. The number of nitrogens with zero attached hydrogens (tertiary/aromatic N) is 3. The van der Waals surface area contributed by atoms with Crippen LogP contribution in [0.1, 0.15) is 32.0 Å². The smallest absolute Gasteiger partial charge is 0.405 e.